The average Bonchev–Trinajstić information content (AvgIpc) is 2.41. The minimum absolute atomic E-state index is 0.104. The number of hydrogen-bond acceptors (Lipinski definition) is 3. The molecule has 0 saturated heterocycles. The number of hydrogen-bond donors (Lipinski definition) is 1. The third kappa shape index (κ3) is 2.74. The highest BCUT2D eigenvalue weighted by atomic mass is 32.2. The lowest BCUT2D eigenvalue weighted by molar-refractivity contribution is 0.586. The first-order chi connectivity index (χ1) is 9.63. The Hall–Kier alpha value is -1.32. The maximum absolute atomic E-state index is 6.47. The van der Waals surface area contributed by atoms with Gasteiger partial charge in [0, 0.05) is 17.0 Å². The van der Waals surface area contributed by atoms with Gasteiger partial charge in [-0.1, -0.05) is 24.3 Å². The van der Waals surface area contributed by atoms with E-state index in [4.69, 9.17) is 5.73 Å². The lowest BCUT2D eigenvalue weighted by Gasteiger charge is -2.30. The van der Waals surface area contributed by atoms with Crippen LogP contribution in [-0.2, 0) is 6.42 Å². The number of nitrogens with zero attached hydrogens (tertiary/aromatic N) is 1. The van der Waals surface area contributed by atoms with Crippen LogP contribution in [0.2, 0.25) is 0 Å². The second kappa shape index (κ2) is 5.58. The number of fused-ring (bicyclic) bond motifs is 1. The summed E-state index contributed by atoms with van der Waals surface area (Å²) in [6.45, 7) is 4.17. The first-order valence-corrected chi connectivity index (χ1v) is 7.97. The summed E-state index contributed by atoms with van der Waals surface area (Å²) < 4.78 is 0. The van der Waals surface area contributed by atoms with E-state index in [0.717, 1.165) is 23.6 Å². The van der Waals surface area contributed by atoms with Gasteiger partial charge < -0.3 is 5.73 Å². The van der Waals surface area contributed by atoms with E-state index in [1.54, 1.807) is 0 Å². The molecule has 0 amide bonds. The molecule has 0 aliphatic heterocycles. The van der Waals surface area contributed by atoms with Gasteiger partial charge in [0.1, 0.15) is 0 Å². The summed E-state index contributed by atoms with van der Waals surface area (Å²) in [4.78, 5) is 4.63. The lowest BCUT2D eigenvalue weighted by atomic mass is 9.88. The SMILES string of the molecule is Cc1cc(C)nc(SC2CCc3ccccc3C2N)c1. The molecule has 1 heterocycles. The van der Waals surface area contributed by atoms with Gasteiger partial charge >= 0.3 is 0 Å². The van der Waals surface area contributed by atoms with Gasteiger partial charge in [-0.15, -0.1) is 11.8 Å². The van der Waals surface area contributed by atoms with Crippen molar-refractivity contribution in [2.75, 3.05) is 0 Å². The molecule has 20 heavy (non-hydrogen) atoms. The van der Waals surface area contributed by atoms with E-state index in [2.05, 4.69) is 48.3 Å². The van der Waals surface area contributed by atoms with Gasteiger partial charge in [-0.2, -0.15) is 0 Å². The number of rotatable bonds is 2. The van der Waals surface area contributed by atoms with Crippen molar-refractivity contribution in [2.45, 2.75) is 43.0 Å². The molecule has 1 aromatic heterocycles. The molecular weight excluding hydrogens is 264 g/mol. The van der Waals surface area contributed by atoms with E-state index in [1.165, 1.54) is 16.7 Å². The molecular formula is C17H20N2S. The van der Waals surface area contributed by atoms with Crippen molar-refractivity contribution in [3.63, 3.8) is 0 Å². The Labute approximate surface area is 124 Å². The van der Waals surface area contributed by atoms with Crippen molar-refractivity contribution in [3.05, 3.63) is 58.8 Å². The van der Waals surface area contributed by atoms with Crippen LogP contribution in [0.15, 0.2) is 41.4 Å². The molecule has 2 nitrogen and oxygen atoms in total. The number of aromatic nitrogens is 1. The Bertz CT molecular complexity index is 604. The van der Waals surface area contributed by atoms with Crippen LogP contribution in [0.25, 0.3) is 0 Å². The molecule has 2 unspecified atom stereocenters. The van der Waals surface area contributed by atoms with Gasteiger partial charge in [-0.05, 0) is 55.5 Å². The van der Waals surface area contributed by atoms with Crippen LogP contribution in [0.4, 0.5) is 0 Å². The first-order valence-electron chi connectivity index (χ1n) is 7.09. The fraction of sp³-hybridized carbons (Fsp3) is 0.353. The Morgan fingerprint density at radius 1 is 1.20 bits per heavy atom. The summed E-state index contributed by atoms with van der Waals surface area (Å²) in [5, 5.41) is 1.51. The number of pyridine rings is 1. The predicted molar refractivity (Wildman–Crippen MR) is 85.0 cm³/mol. The summed E-state index contributed by atoms with van der Waals surface area (Å²) in [5.41, 5.74) is 11.5. The Kier molecular flexibility index (Phi) is 3.81. The molecule has 1 aliphatic rings. The predicted octanol–water partition coefficient (Wildman–Crippen LogP) is 3.81. The number of benzene rings is 1. The quantitative estimate of drug-likeness (QED) is 0.911. The van der Waals surface area contributed by atoms with E-state index in [0.29, 0.717) is 5.25 Å². The Balaban J connectivity index is 1.82. The highest BCUT2D eigenvalue weighted by Crippen LogP contribution is 2.38. The molecule has 1 aromatic carbocycles. The highest BCUT2D eigenvalue weighted by molar-refractivity contribution is 7.99. The zero-order valence-corrected chi connectivity index (χ0v) is 12.8. The van der Waals surface area contributed by atoms with Gasteiger partial charge in [0.2, 0.25) is 0 Å². The van der Waals surface area contributed by atoms with Gasteiger partial charge in [-0.3, -0.25) is 0 Å². The first kappa shape index (κ1) is 13.7. The summed E-state index contributed by atoms with van der Waals surface area (Å²) >= 11 is 1.83. The molecule has 104 valence electrons. The Morgan fingerprint density at radius 2 is 2.00 bits per heavy atom. The molecule has 0 fully saturated rings. The molecule has 2 N–H and O–H groups in total. The second-order valence-electron chi connectivity index (χ2n) is 5.54. The standard InChI is InChI=1S/C17H20N2S/c1-11-9-12(2)19-16(10-11)20-15-8-7-13-5-3-4-6-14(13)17(15)18/h3-6,9-10,15,17H,7-8,18H2,1-2H3. The molecule has 2 atom stereocenters. The van der Waals surface area contributed by atoms with Gasteiger partial charge in [-0.25, -0.2) is 4.98 Å². The minimum atomic E-state index is 0.104. The van der Waals surface area contributed by atoms with Crippen LogP contribution in [0, 0.1) is 13.8 Å². The fourth-order valence-corrected chi connectivity index (χ4v) is 4.21. The van der Waals surface area contributed by atoms with Crippen molar-refractivity contribution < 1.29 is 0 Å². The van der Waals surface area contributed by atoms with Crippen LogP contribution in [0.3, 0.4) is 0 Å². The van der Waals surface area contributed by atoms with Gasteiger partial charge in [0.25, 0.3) is 0 Å². The molecule has 0 spiro atoms. The zero-order chi connectivity index (χ0) is 14.1. The summed E-state index contributed by atoms with van der Waals surface area (Å²) in [5.74, 6) is 0. The van der Waals surface area contributed by atoms with Crippen molar-refractivity contribution in [2.24, 2.45) is 5.73 Å². The number of aryl methyl sites for hydroxylation is 3. The van der Waals surface area contributed by atoms with Crippen molar-refractivity contribution >= 4 is 11.8 Å². The van der Waals surface area contributed by atoms with Crippen LogP contribution < -0.4 is 5.73 Å². The average molecular weight is 284 g/mol. The largest absolute Gasteiger partial charge is 0.323 e. The molecule has 0 bridgehead atoms. The van der Waals surface area contributed by atoms with Gasteiger partial charge in [0.05, 0.1) is 5.03 Å². The number of nitrogens with two attached hydrogens (primary N) is 1. The molecule has 0 radical (unpaired) electrons. The maximum Gasteiger partial charge on any atom is 0.0969 e. The molecule has 3 rings (SSSR count). The maximum atomic E-state index is 6.47. The van der Waals surface area contributed by atoms with Crippen LogP contribution in [0.5, 0.6) is 0 Å². The molecule has 3 heteroatoms. The van der Waals surface area contributed by atoms with Crippen molar-refractivity contribution in [1.29, 1.82) is 0 Å². The Morgan fingerprint density at radius 3 is 2.80 bits per heavy atom. The number of thioether (sulfide) groups is 1. The molecule has 0 saturated carbocycles. The summed E-state index contributed by atoms with van der Waals surface area (Å²) in [7, 11) is 0. The summed E-state index contributed by atoms with van der Waals surface area (Å²) in [6, 6.07) is 12.9. The second-order valence-corrected chi connectivity index (χ2v) is 6.80. The minimum Gasteiger partial charge on any atom is -0.323 e. The lowest BCUT2D eigenvalue weighted by Crippen LogP contribution is -2.29. The monoisotopic (exact) mass is 284 g/mol. The van der Waals surface area contributed by atoms with E-state index in [1.807, 2.05) is 18.7 Å². The van der Waals surface area contributed by atoms with E-state index in [-0.39, 0.29) is 6.04 Å². The fourth-order valence-electron chi connectivity index (χ4n) is 2.92. The van der Waals surface area contributed by atoms with E-state index < -0.39 is 0 Å². The van der Waals surface area contributed by atoms with Crippen LogP contribution >= 0.6 is 11.8 Å². The van der Waals surface area contributed by atoms with Crippen molar-refractivity contribution in [1.82, 2.24) is 4.98 Å². The van der Waals surface area contributed by atoms with E-state index >= 15 is 0 Å². The van der Waals surface area contributed by atoms with E-state index in [9.17, 15) is 0 Å². The third-order valence-corrected chi connectivity index (χ3v) is 5.14. The van der Waals surface area contributed by atoms with Crippen LogP contribution in [-0.4, -0.2) is 10.2 Å². The smallest absolute Gasteiger partial charge is 0.0969 e. The van der Waals surface area contributed by atoms with Crippen LogP contribution in [0.1, 0.15) is 34.8 Å². The van der Waals surface area contributed by atoms with Gasteiger partial charge in [0.15, 0.2) is 0 Å². The zero-order valence-electron chi connectivity index (χ0n) is 12.0. The normalized spacial score (nSPS) is 21.6. The highest BCUT2D eigenvalue weighted by Gasteiger charge is 2.27. The third-order valence-electron chi connectivity index (χ3n) is 3.86. The molecule has 1 aliphatic carbocycles. The topological polar surface area (TPSA) is 38.9 Å². The molecule has 2 aromatic rings. The summed E-state index contributed by atoms with van der Waals surface area (Å²) in [6.07, 6.45) is 2.24. The van der Waals surface area contributed by atoms with Crippen molar-refractivity contribution in [3.8, 4) is 0 Å².